The maximum Gasteiger partial charge on any atom is 0.166 e. The highest BCUT2D eigenvalue weighted by Crippen LogP contribution is 2.48. The molecule has 1 saturated heterocycles. The fourth-order valence-corrected chi connectivity index (χ4v) is 4.04. The lowest BCUT2D eigenvalue weighted by Crippen LogP contribution is -2.46. The number of hydrogen-bond acceptors (Lipinski definition) is 9. The average Bonchev–Trinajstić information content (AvgIpc) is 3.03. The van der Waals surface area contributed by atoms with E-state index in [1.165, 1.54) is 17.2 Å². The Hall–Kier alpha value is -1.46. The zero-order valence-electron chi connectivity index (χ0n) is 10.9. The van der Waals surface area contributed by atoms with E-state index in [0.29, 0.717) is 11.2 Å². The van der Waals surface area contributed by atoms with E-state index in [0.717, 1.165) is 11.8 Å². The van der Waals surface area contributed by atoms with Crippen molar-refractivity contribution in [2.24, 2.45) is 0 Å². The van der Waals surface area contributed by atoms with Crippen LogP contribution in [0.2, 0.25) is 0 Å². The molecule has 0 amide bonds. The Morgan fingerprint density at radius 3 is 2.67 bits per heavy atom. The van der Waals surface area contributed by atoms with Crippen LogP contribution in [0.5, 0.6) is 0 Å². The molecule has 1 aliphatic rings. The van der Waals surface area contributed by atoms with E-state index >= 15 is 0 Å². The van der Waals surface area contributed by atoms with Crippen molar-refractivity contribution in [2.75, 3.05) is 18.9 Å². The monoisotopic (exact) mass is 313 g/mol. The molecule has 2 aromatic heterocycles. The minimum Gasteiger partial charge on any atom is -0.395 e. The number of nitrogens with zero attached hydrogens (tertiary/aromatic N) is 4. The van der Waals surface area contributed by atoms with Crippen LogP contribution in [-0.2, 0) is 4.87 Å². The highest BCUT2D eigenvalue weighted by Gasteiger charge is 2.55. The fraction of sp³-hybridized carbons (Fsp3) is 0.545. The van der Waals surface area contributed by atoms with Crippen molar-refractivity contribution < 1.29 is 20.4 Å². The Bertz CT molecular complexity index is 667. The molecule has 3 heterocycles. The maximum atomic E-state index is 10.3. The van der Waals surface area contributed by atoms with Crippen LogP contribution in [-0.4, -0.2) is 70.6 Å². The van der Waals surface area contributed by atoms with Gasteiger partial charge < -0.3 is 26.2 Å². The number of imidazole rings is 1. The molecule has 9 nitrogen and oxygen atoms in total. The molecule has 21 heavy (non-hydrogen) atoms. The number of aromatic nitrogens is 4. The predicted octanol–water partition coefficient (Wildman–Crippen LogP) is -2.12. The third-order valence-corrected chi connectivity index (χ3v) is 5.40. The van der Waals surface area contributed by atoms with Crippen molar-refractivity contribution in [1.29, 1.82) is 0 Å². The van der Waals surface area contributed by atoms with E-state index in [2.05, 4.69) is 15.0 Å². The van der Waals surface area contributed by atoms with Gasteiger partial charge in [-0.05, 0) is 0 Å². The number of aliphatic hydroxyl groups is 4. The van der Waals surface area contributed by atoms with Gasteiger partial charge in [0.15, 0.2) is 11.5 Å². The summed E-state index contributed by atoms with van der Waals surface area (Å²) in [7, 11) is 0. The number of nitrogens with two attached hydrogens (primary N) is 1. The van der Waals surface area contributed by atoms with Gasteiger partial charge in [0, 0.05) is 0 Å². The largest absolute Gasteiger partial charge is 0.395 e. The summed E-state index contributed by atoms with van der Waals surface area (Å²) in [5.74, 6) is 0.184. The van der Waals surface area contributed by atoms with Gasteiger partial charge in [-0.15, -0.1) is 11.8 Å². The second kappa shape index (κ2) is 5.07. The first-order valence-corrected chi connectivity index (χ1v) is 7.12. The van der Waals surface area contributed by atoms with Crippen LogP contribution in [0, 0.1) is 0 Å². The topological polar surface area (TPSA) is 151 Å². The summed E-state index contributed by atoms with van der Waals surface area (Å²) in [6.45, 7) is -0.795. The van der Waals surface area contributed by atoms with Crippen molar-refractivity contribution in [2.45, 2.75) is 22.3 Å². The summed E-state index contributed by atoms with van der Waals surface area (Å²) in [6.07, 6.45) is 0.170. The van der Waals surface area contributed by atoms with E-state index in [1.54, 1.807) is 0 Å². The quantitative estimate of drug-likeness (QED) is 0.428. The highest BCUT2D eigenvalue weighted by atomic mass is 32.2. The summed E-state index contributed by atoms with van der Waals surface area (Å²) in [4.78, 5) is 10.7. The van der Waals surface area contributed by atoms with Gasteiger partial charge in [0.05, 0.1) is 30.9 Å². The number of fused-ring (bicyclic) bond motifs is 1. The molecule has 0 aromatic carbocycles. The van der Waals surface area contributed by atoms with E-state index in [4.69, 9.17) is 5.73 Å². The molecule has 0 spiro atoms. The van der Waals surface area contributed by atoms with Crippen LogP contribution in [0.25, 0.3) is 11.2 Å². The minimum atomic E-state index is -1.29. The lowest BCUT2D eigenvalue weighted by atomic mass is 10.0. The molecular weight excluding hydrogens is 298 g/mol. The van der Waals surface area contributed by atoms with Crippen LogP contribution in [0.15, 0.2) is 12.7 Å². The molecule has 0 bridgehead atoms. The standard InChI is InChI=1S/C11H15N5O4S/c12-9-6-10(14-3-13-9)16(4-15-6)11(2-18)8(20)7(19)5(1-17)21-11/h3-5,7-8,17-20H,1-2H2,(H2,12,13,14)/t5-,7-,8-,11-/m1/s1. The minimum absolute atomic E-state index is 0.184. The van der Waals surface area contributed by atoms with E-state index in [-0.39, 0.29) is 12.4 Å². The summed E-state index contributed by atoms with van der Waals surface area (Å²) >= 11 is 1.07. The SMILES string of the molecule is Nc1ncnc2c1ncn2[C@]1(CO)S[C@H](CO)[C@@H](O)[C@H]1O. The van der Waals surface area contributed by atoms with Gasteiger partial charge in [0.1, 0.15) is 22.8 Å². The van der Waals surface area contributed by atoms with Gasteiger partial charge in [0.2, 0.25) is 0 Å². The molecule has 3 rings (SSSR count). The van der Waals surface area contributed by atoms with Gasteiger partial charge in [-0.25, -0.2) is 15.0 Å². The molecule has 10 heteroatoms. The molecule has 0 saturated carbocycles. The Morgan fingerprint density at radius 1 is 1.29 bits per heavy atom. The lowest BCUT2D eigenvalue weighted by Gasteiger charge is -2.31. The lowest BCUT2D eigenvalue weighted by molar-refractivity contribution is -0.0302. The van der Waals surface area contributed by atoms with Crippen molar-refractivity contribution in [3.8, 4) is 0 Å². The summed E-state index contributed by atoms with van der Waals surface area (Å²) in [6, 6.07) is 0. The van der Waals surface area contributed by atoms with Gasteiger partial charge >= 0.3 is 0 Å². The first-order chi connectivity index (χ1) is 10.0. The molecular formula is C11H15N5O4S. The van der Waals surface area contributed by atoms with Gasteiger partial charge in [-0.1, -0.05) is 0 Å². The second-order valence-electron chi connectivity index (χ2n) is 4.82. The van der Waals surface area contributed by atoms with E-state index < -0.39 is 28.9 Å². The van der Waals surface area contributed by atoms with Crippen LogP contribution in [0.1, 0.15) is 0 Å². The molecule has 4 atom stereocenters. The smallest absolute Gasteiger partial charge is 0.166 e. The first-order valence-electron chi connectivity index (χ1n) is 6.25. The molecule has 0 aliphatic carbocycles. The zero-order chi connectivity index (χ0) is 15.2. The molecule has 6 N–H and O–H groups in total. The van der Waals surface area contributed by atoms with Crippen molar-refractivity contribution in [3.63, 3.8) is 0 Å². The Labute approximate surface area is 123 Å². The molecule has 2 aromatic rings. The van der Waals surface area contributed by atoms with Crippen molar-refractivity contribution >= 4 is 28.7 Å². The number of thioether (sulfide) groups is 1. The third-order valence-electron chi connectivity index (χ3n) is 3.70. The Balaban J connectivity index is 2.17. The fourth-order valence-electron chi connectivity index (χ4n) is 2.55. The predicted molar refractivity (Wildman–Crippen MR) is 75.3 cm³/mol. The number of aliphatic hydroxyl groups excluding tert-OH is 4. The zero-order valence-corrected chi connectivity index (χ0v) is 11.7. The highest BCUT2D eigenvalue weighted by molar-refractivity contribution is 8.01. The second-order valence-corrected chi connectivity index (χ2v) is 6.37. The normalized spacial score (nSPS) is 32.9. The molecule has 1 aliphatic heterocycles. The maximum absolute atomic E-state index is 10.3. The number of hydrogen-bond donors (Lipinski definition) is 5. The van der Waals surface area contributed by atoms with E-state index in [1.807, 2.05) is 0 Å². The van der Waals surface area contributed by atoms with Crippen LogP contribution in [0.4, 0.5) is 5.82 Å². The van der Waals surface area contributed by atoms with Gasteiger partial charge in [-0.3, -0.25) is 4.57 Å². The Kier molecular flexibility index (Phi) is 3.50. The molecule has 0 radical (unpaired) electrons. The van der Waals surface area contributed by atoms with E-state index in [9.17, 15) is 20.4 Å². The van der Waals surface area contributed by atoms with Crippen LogP contribution < -0.4 is 5.73 Å². The van der Waals surface area contributed by atoms with Crippen molar-refractivity contribution in [1.82, 2.24) is 19.5 Å². The average molecular weight is 313 g/mol. The van der Waals surface area contributed by atoms with Crippen molar-refractivity contribution in [3.05, 3.63) is 12.7 Å². The van der Waals surface area contributed by atoms with Gasteiger partial charge in [-0.2, -0.15) is 0 Å². The summed E-state index contributed by atoms with van der Waals surface area (Å²) in [5, 5.41) is 38.9. The number of anilines is 1. The molecule has 1 fully saturated rings. The number of rotatable bonds is 3. The first kappa shape index (κ1) is 14.5. The van der Waals surface area contributed by atoms with Crippen LogP contribution in [0.3, 0.4) is 0 Å². The van der Waals surface area contributed by atoms with Gasteiger partial charge in [0.25, 0.3) is 0 Å². The third kappa shape index (κ3) is 1.91. The summed E-state index contributed by atoms with van der Waals surface area (Å²) in [5.41, 5.74) is 6.41. The molecule has 114 valence electrons. The number of nitrogen functional groups attached to an aromatic ring is 1. The summed E-state index contributed by atoms with van der Waals surface area (Å²) < 4.78 is 1.47. The molecule has 0 unspecified atom stereocenters. The van der Waals surface area contributed by atoms with Crippen LogP contribution >= 0.6 is 11.8 Å². The Morgan fingerprint density at radius 2 is 2.05 bits per heavy atom.